The number of carbonyl (C=O) groups is 1. The Bertz CT molecular complexity index is 631. The van der Waals surface area contributed by atoms with Crippen molar-refractivity contribution in [2.24, 2.45) is 0 Å². The van der Waals surface area contributed by atoms with Gasteiger partial charge in [-0.1, -0.05) is 29.8 Å². The molecule has 0 aromatic heterocycles. The SMILES string of the molecule is CNC[C@@H](O)c1cccc(NC(=O)c2cccc(Cl)c2)c1. The van der Waals surface area contributed by atoms with Crippen molar-refractivity contribution < 1.29 is 9.90 Å². The molecule has 21 heavy (non-hydrogen) atoms. The fraction of sp³-hybridized carbons (Fsp3) is 0.188. The van der Waals surface area contributed by atoms with Crippen molar-refractivity contribution in [3.05, 3.63) is 64.7 Å². The van der Waals surface area contributed by atoms with Crippen LogP contribution in [0, 0.1) is 0 Å². The summed E-state index contributed by atoms with van der Waals surface area (Å²) in [5, 5.41) is 16.2. The Morgan fingerprint density at radius 3 is 2.71 bits per heavy atom. The van der Waals surface area contributed by atoms with Crippen LogP contribution >= 0.6 is 11.6 Å². The van der Waals surface area contributed by atoms with E-state index in [1.165, 1.54) is 0 Å². The minimum atomic E-state index is -0.613. The van der Waals surface area contributed by atoms with Gasteiger partial charge in [-0.3, -0.25) is 4.79 Å². The molecule has 1 amide bonds. The van der Waals surface area contributed by atoms with E-state index in [-0.39, 0.29) is 5.91 Å². The lowest BCUT2D eigenvalue weighted by Crippen LogP contribution is -2.17. The molecule has 2 aromatic carbocycles. The van der Waals surface area contributed by atoms with E-state index in [4.69, 9.17) is 11.6 Å². The summed E-state index contributed by atoms with van der Waals surface area (Å²) in [7, 11) is 1.77. The van der Waals surface area contributed by atoms with Crippen molar-refractivity contribution in [3.8, 4) is 0 Å². The summed E-state index contributed by atoms with van der Waals surface area (Å²) in [4.78, 5) is 12.1. The van der Waals surface area contributed by atoms with Gasteiger partial charge in [-0.25, -0.2) is 0 Å². The highest BCUT2D eigenvalue weighted by atomic mass is 35.5. The molecular formula is C16H17ClN2O2. The number of benzene rings is 2. The number of aliphatic hydroxyl groups excluding tert-OH is 1. The lowest BCUT2D eigenvalue weighted by atomic mass is 10.1. The van der Waals surface area contributed by atoms with E-state index in [9.17, 15) is 9.90 Å². The monoisotopic (exact) mass is 304 g/mol. The molecule has 0 unspecified atom stereocenters. The number of halogens is 1. The summed E-state index contributed by atoms with van der Waals surface area (Å²) in [6.07, 6.45) is -0.613. The lowest BCUT2D eigenvalue weighted by molar-refractivity contribution is 0.102. The number of nitrogens with one attached hydrogen (secondary N) is 2. The molecule has 0 bridgehead atoms. The third kappa shape index (κ3) is 4.29. The van der Waals surface area contributed by atoms with Crippen LogP contribution in [-0.2, 0) is 0 Å². The van der Waals surface area contributed by atoms with Crippen molar-refractivity contribution in [2.45, 2.75) is 6.10 Å². The molecule has 5 heteroatoms. The van der Waals surface area contributed by atoms with Gasteiger partial charge in [0, 0.05) is 22.8 Å². The molecule has 0 saturated heterocycles. The zero-order valence-electron chi connectivity index (χ0n) is 11.6. The van der Waals surface area contributed by atoms with E-state index in [0.29, 0.717) is 22.8 Å². The molecule has 0 saturated carbocycles. The second kappa shape index (κ2) is 7.22. The summed E-state index contributed by atoms with van der Waals surface area (Å²) in [5.74, 6) is -0.238. The lowest BCUT2D eigenvalue weighted by Gasteiger charge is -2.12. The van der Waals surface area contributed by atoms with Crippen LogP contribution in [0.2, 0.25) is 5.02 Å². The average Bonchev–Trinajstić information content (AvgIpc) is 2.48. The second-order valence-corrected chi connectivity index (χ2v) is 5.10. The largest absolute Gasteiger partial charge is 0.387 e. The number of carbonyl (C=O) groups excluding carboxylic acids is 1. The van der Waals surface area contributed by atoms with Gasteiger partial charge in [0.15, 0.2) is 0 Å². The van der Waals surface area contributed by atoms with Gasteiger partial charge in [-0.15, -0.1) is 0 Å². The summed E-state index contributed by atoms with van der Waals surface area (Å²) in [6.45, 7) is 0.450. The van der Waals surface area contributed by atoms with E-state index in [2.05, 4.69) is 10.6 Å². The van der Waals surface area contributed by atoms with Crippen LogP contribution < -0.4 is 10.6 Å². The predicted molar refractivity (Wildman–Crippen MR) is 84.7 cm³/mol. The molecule has 110 valence electrons. The third-order valence-corrected chi connectivity index (χ3v) is 3.25. The average molecular weight is 305 g/mol. The Morgan fingerprint density at radius 1 is 1.24 bits per heavy atom. The van der Waals surface area contributed by atoms with E-state index in [1.54, 1.807) is 49.5 Å². The van der Waals surface area contributed by atoms with E-state index < -0.39 is 6.10 Å². The number of rotatable bonds is 5. The first-order valence-corrected chi connectivity index (χ1v) is 6.97. The van der Waals surface area contributed by atoms with Gasteiger partial charge >= 0.3 is 0 Å². The first kappa shape index (κ1) is 15.5. The van der Waals surface area contributed by atoms with Crippen LogP contribution in [0.3, 0.4) is 0 Å². The fourth-order valence-corrected chi connectivity index (χ4v) is 2.16. The number of aliphatic hydroxyl groups is 1. The smallest absolute Gasteiger partial charge is 0.255 e. The molecule has 0 heterocycles. The quantitative estimate of drug-likeness (QED) is 0.796. The molecule has 4 nitrogen and oxygen atoms in total. The number of hydrogen-bond donors (Lipinski definition) is 3. The Hall–Kier alpha value is -1.88. The molecule has 3 N–H and O–H groups in total. The summed E-state index contributed by atoms with van der Waals surface area (Å²) >= 11 is 5.87. The van der Waals surface area contributed by atoms with E-state index >= 15 is 0 Å². The summed E-state index contributed by atoms with van der Waals surface area (Å²) < 4.78 is 0. The molecular weight excluding hydrogens is 288 g/mol. The third-order valence-electron chi connectivity index (χ3n) is 3.01. The van der Waals surface area contributed by atoms with Crippen LogP contribution in [0.4, 0.5) is 5.69 Å². The number of hydrogen-bond acceptors (Lipinski definition) is 3. The number of anilines is 1. The van der Waals surface area contributed by atoms with Crippen molar-refractivity contribution in [3.63, 3.8) is 0 Å². The first-order chi connectivity index (χ1) is 10.1. The molecule has 0 fully saturated rings. The highest BCUT2D eigenvalue weighted by molar-refractivity contribution is 6.31. The molecule has 2 aromatic rings. The van der Waals surface area contributed by atoms with Gasteiger partial charge in [0.2, 0.25) is 0 Å². The van der Waals surface area contributed by atoms with Gasteiger partial charge in [-0.05, 0) is 42.9 Å². The van der Waals surface area contributed by atoms with Crippen molar-refractivity contribution >= 4 is 23.2 Å². The molecule has 0 aliphatic heterocycles. The molecule has 0 aliphatic carbocycles. The van der Waals surface area contributed by atoms with Crippen molar-refractivity contribution in [2.75, 3.05) is 18.9 Å². The summed E-state index contributed by atoms with van der Waals surface area (Å²) in [6, 6.07) is 13.9. The number of amides is 1. The Labute approximate surface area is 128 Å². The van der Waals surface area contributed by atoms with E-state index in [0.717, 1.165) is 5.56 Å². The Balaban J connectivity index is 2.12. The van der Waals surface area contributed by atoms with Crippen LogP contribution in [0.5, 0.6) is 0 Å². The minimum absolute atomic E-state index is 0.238. The van der Waals surface area contributed by atoms with Gasteiger partial charge < -0.3 is 15.7 Å². The summed E-state index contributed by atoms with van der Waals surface area (Å²) in [5.41, 5.74) is 1.87. The topological polar surface area (TPSA) is 61.4 Å². The number of likely N-dealkylation sites (N-methyl/N-ethyl adjacent to an activating group) is 1. The van der Waals surface area contributed by atoms with Crippen LogP contribution in [0.1, 0.15) is 22.0 Å². The normalized spacial score (nSPS) is 12.0. The molecule has 0 spiro atoms. The molecule has 0 radical (unpaired) electrons. The minimum Gasteiger partial charge on any atom is -0.387 e. The van der Waals surface area contributed by atoms with Gasteiger partial charge in [0.1, 0.15) is 0 Å². The molecule has 2 rings (SSSR count). The van der Waals surface area contributed by atoms with Crippen LogP contribution in [0.15, 0.2) is 48.5 Å². The fourth-order valence-electron chi connectivity index (χ4n) is 1.97. The highest BCUT2D eigenvalue weighted by Crippen LogP contribution is 2.18. The standard InChI is InChI=1S/C16H17ClN2O2/c1-18-10-15(20)11-4-3-7-14(9-11)19-16(21)12-5-2-6-13(17)8-12/h2-9,15,18,20H,10H2,1H3,(H,19,21)/t15-/m1/s1. The maximum absolute atomic E-state index is 12.1. The zero-order valence-corrected chi connectivity index (χ0v) is 12.4. The molecule has 0 aliphatic rings. The Morgan fingerprint density at radius 2 is 2.00 bits per heavy atom. The Kier molecular flexibility index (Phi) is 5.33. The van der Waals surface area contributed by atoms with Gasteiger partial charge in [0.05, 0.1) is 6.10 Å². The molecule has 1 atom stereocenters. The maximum atomic E-state index is 12.1. The van der Waals surface area contributed by atoms with Crippen molar-refractivity contribution in [1.29, 1.82) is 0 Å². The van der Waals surface area contributed by atoms with Gasteiger partial charge in [-0.2, -0.15) is 0 Å². The zero-order chi connectivity index (χ0) is 15.2. The van der Waals surface area contributed by atoms with Crippen LogP contribution in [-0.4, -0.2) is 24.6 Å². The second-order valence-electron chi connectivity index (χ2n) is 4.66. The first-order valence-electron chi connectivity index (χ1n) is 6.59. The predicted octanol–water partition coefficient (Wildman–Crippen LogP) is 2.85. The highest BCUT2D eigenvalue weighted by Gasteiger charge is 2.09. The maximum Gasteiger partial charge on any atom is 0.255 e. The van der Waals surface area contributed by atoms with E-state index in [1.807, 2.05) is 6.07 Å². The van der Waals surface area contributed by atoms with Crippen LogP contribution in [0.25, 0.3) is 0 Å². The van der Waals surface area contributed by atoms with Gasteiger partial charge in [0.25, 0.3) is 5.91 Å². The van der Waals surface area contributed by atoms with Crippen molar-refractivity contribution in [1.82, 2.24) is 5.32 Å².